The summed E-state index contributed by atoms with van der Waals surface area (Å²) in [5, 5.41) is 0. The molecular weight excluding hydrogens is 184 g/mol. The van der Waals surface area contributed by atoms with Crippen molar-refractivity contribution in [1.29, 1.82) is 0 Å². The Morgan fingerprint density at radius 1 is 1.40 bits per heavy atom. The van der Waals surface area contributed by atoms with Gasteiger partial charge in [0.05, 0.1) is 0 Å². The number of aromatic nitrogens is 1. The van der Waals surface area contributed by atoms with E-state index in [0.717, 1.165) is 11.7 Å². The summed E-state index contributed by atoms with van der Waals surface area (Å²) in [6.07, 6.45) is 6.52. The van der Waals surface area contributed by atoms with Crippen LogP contribution in [0.3, 0.4) is 0 Å². The largest absolute Gasteiger partial charge is 0.384 e. The fraction of sp³-hybridized carbons (Fsp3) is 0.615. The van der Waals surface area contributed by atoms with E-state index in [4.69, 9.17) is 5.73 Å². The molecule has 1 heterocycles. The molecule has 0 radical (unpaired) electrons. The molecule has 1 saturated carbocycles. The second-order valence-corrected chi connectivity index (χ2v) is 5.16. The van der Waals surface area contributed by atoms with Gasteiger partial charge >= 0.3 is 0 Å². The molecular formula is C13H18N2. The summed E-state index contributed by atoms with van der Waals surface area (Å²) in [6.45, 7) is 2.26. The lowest BCUT2D eigenvalue weighted by atomic mass is 10.0. The van der Waals surface area contributed by atoms with E-state index in [1.807, 2.05) is 0 Å². The maximum absolute atomic E-state index is 5.88. The second kappa shape index (κ2) is 3.22. The van der Waals surface area contributed by atoms with Gasteiger partial charge in [0.25, 0.3) is 0 Å². The lowest BCUT2D eigenvalue weighted by Gasteiger charge is -2.10. The van der Waals surface area contributed by atoms with E-state index in [-0.39, 0.29) is 0 Å². The topological polar surface area (TPSA) is 38.9 Å². The summed E-state index contributed by atoms with van der Waals surface area (Å²) in [4.78, 5) is 4.50. The van der Waals surface area contributed by atoms with Crippen molar-refractivity contribution in [2.24, 2.45) is 5.92 Å². The molecule has 2 nitrogen and oxygen atoms in total. The van der Waals surface area contributed by atoms with Gasteiger partial charge in [0.2, 0.25) is 0 Å². The van der Waals surface area contributed by atoms with E-state index in [0.29, 0.717) is 5.92 Å². The predicted molar refractivity (Wildman–Crippen MR) is 61.8 cm³/mol. The number of pyridine rings is 1. The third-order valence-electron chi connectivity index (χ3n) is 3.77. The van der Waals surface area contributed by atoms with Gasteiger partial charge < -0.3 is 5.73 Å². The highest BCUT2D eigenvalue weighted by molar-refractivity contribution is 5.45. The molecule has 0 aliphatic heterocycles. The Morgan fingerprint density at radius 3 is 2.93 bits per heavy atom. The molecule has 1 atom stereocenters. The second-order valence-electron chi connectivity index (χ2n) is 5.16. The van der Waals surface area contributed by atoms with Crippen molar-refractivity contribution in [2.75, 3.05) is 5.73 Å². The highest BCUT2D eigenvalue weighted by Gasteiger charge is 2.27. The fourth-order valence-corrected chi connectivity index (χ4v) is 2.68. The summed E-state index contributed by atoms with van der Waals surface area (Å²) in [5.41, 5.74) is 10.2. The molecule has 2 aliphatic rings. The molecule has 0 amide bonds. The molecule has 15 heavy (non-hydrogen) atoms. The minimum Gasteiger partial charge on any atom is -0.384 e. The molecule has 1 fully saturated rings. The van der Waals surface area contributed by atoms with E-state index in [1.165, 1.54) is 48.9 Å². The van der Waals surface area contributed by atoms with Crippen molar-refractivity contribution in [3.63, 3.8) is 0 Å². The van der Waals surface area contributed by atoms with E-state index >= 15 is 0 Å². The molecule has 3 rings (SSSR count). The van der Waals surface area contributed by atoms with Crippen molar-refractivity contribution in [3.8, 4) is 0 Å². The zero-order valence-electron chi connectivity index (χ0n) is 9.29. The molecule has 0 aromatic carbocycles. The van der Waals surface area contributed by atoms with Gasteiger partial charge in [-0.3, -0.25) is 0 Å². The number of hydrogen-bond donors (Lipinski definition) is 1. The molecule has 80 valence electrons. The number of rotatable bonds is 2. The minimum atomic E-state index is 0.612. The van der Waals surface area contributed by atoms with Gasteiger partial charge in [0, 0.05) is 5.69 Å². The summed E-state index contributed by atoms with van der Waals surface area (Å²) < 4.78 is 0. The van der Waals surface area contributed by atoms with Gasteiger partial charge in [0.15, 0.2) is 0 Å². The van der Waals surface area contributed by atoms with Crippen LogP contribution in [0.4, 0.5) is 5.82 Å². The van der Waals surface area contributed by atoms with Crippen LogP contribution in [0.2, 0.25) is 0 Å². The van der Waals surface area contributed by atoms with Crippen LogP contribution in [0.15, 0.2) is 6.07 Å². The molecule has 1 aromatic heterocycles. The van der Waals surface area contributed by atoms with Gasteiger partial charge in [-0.1, -0.05) is 6.92 Å². The Hall–Kier alpha value is -1.05. The lowest BCUT2D eigenvalue weighted by molar-refractivity contribution is 0.731. The van der Waals surface area contributed by atoms with Crippen LogP contribution >= 0.6 is 0 Å². The van der Waals surface area contributed by atoms with E-state index in [1.54, 1.807) is 0 Å². The Morgan fingerprint density at radius 2 is 2.20 bits per heavy atom. The van der Waals surface area contributed by atoms with Crippen LogP contribution in [0.5, 0.6) is 0 Å². The summed E-state index contributed by atoms with van der Waals surface area (Å²) in [5.74, 6) is 2.27. The van der Waals surface area contributed by atoms with Crippen molar-refractivity contribution < 1.29 is 0 Å². The van der Waals surface area contributed by atoms with Crippen LogP contribution in [0.1, 0.15) is 48.9 Å². The average Bonchev–Trinajstić information content (AvgIpc) is 2.92. The monoisotopic (exact) mass is 202 g/mol. The first-order valence-electron chi connectivity index (χ1n) is 6.02. The highest BCUT2D eigenvalue weighted by atomic mass is 14.9. The first kappa shape index (κ1) is 9.20. The van der Waals surface area contributed by atoms with E-state index in [9.17, 15) is 0 Å². The van der Waals surface area contributed by atoms with Crippen LogP contribution in [-0.2, 0) is 12.8 Å². The summed E-state index contributed by atoms with van der Waals surface area (Å²) in [7, 11) is 0. The fourth-order valence-electron chi connectivity index (χ4n) is 2.68. The number of nitrogen functional groups attached to an aromatic ring is 1. The maximum Gasteiger partial charge on any atom is 0.123 e. The zero-order chi connectivity index (χ0) is 10.4. The molecule has 1 aromatic rings. The third-order valence-corrected chi connectivity index (χ3v) is 3.77. The standard InChI is InChI=1S/C13H18N2/c1-8-2-5-11-10(6-9-3-4-9)7-12(14)15-13(8)11/h7-9H,2-6H2,1H3,(H2,14,15). The Balaban J connectivity index is 2.01. The van der Waals surface area contributed by atoms with Gasteiger partial charge in [-0.2, -0.15) is 0 Å². The molecule has 0 bridgehead atoms. The Labute approximate surface area is 90.9 Å². The number of anilines is 1. The van der Waals surface area contributed by atoms with Crippen LogP contribution in [-0.4, -0.2) is 4.98 Å². The summed E-state index contributed by atoms with van der Waals surface area (Å²) >= 11 is 0. The van der Waals surface area contributed by atoms with Crippen LogP contribution in [0.25, 0.3) is 0 Å². The van der Waals surface area contributed by atoms with Gasteiger partial charge in [-0.05, 0) is 61.1 Å². The number of fused-ring (bicyclic) bond motifs is 1. The highest BCUT2D eigenvalue weighted by Crippen LogP contribution is 2.38. The summed E-state index contributed by atoms with van der Waals surface area (Å²) in [6, 6.07) is 2.11. The number of nitrogens with two attached hydrogens (primary N) is 1. The molecule has 2 heteroatoms. The zero-order valence-corrected chi connectivity index (χ0v) is 9.29. The van der Waals surface area contributed by atoms with Crippen molar-refractivity contribution in [3.05, 3.63) is 22.9 Å². The molecule has 2 aliphatic carbocycles. The van der Waals surface area contributed by atoms with Crippen LogP contribution < -0.4 is 5.73 Å². The van der Waals surface area contributed by atoms with E-state index in [2.05, 4.69) is 18.0 Å². The quantitative estimate of drug-likeness (QED) is 0.800. The third kappa shape index (κ3) is 1.62. The molecule has 1 unspecified atom stereocenters. The minimum absolute atomic E-state index is 0.612. The smallest absolute Gasteiger partial charge is 0.123 e. The van der Waals surface area contributed by atoms with Gasteiger partial charge in [-0.15, -0.1) is 0 Å². The molecule has 0 spiro atoms. The van der Waals surface area contributed by atoms with Gasteiger partial charge in [0.1, 0.15) is 5.82 Å². The first-order valence-corrected chi connectivity index (χ1v) is 6.02. The number of nitrogens with zero attached hydrogens (tertiary/aromatic N) is 1. The molecule has 0 saturated heterocycles. The van der Waals surface area contributed by atoms with Gasteiger partial charge in [-0.25, -0.2) is 4.98 Å². The number of hydrogen-bond acceptors (Lipinski definition) is 2. The normalized spacial score (nSPS) is 24.2. The predicted octanol–water partition coefficient (Wildman–Crippen LogP) is 2.67. The average molecular weight is 202 g/mol. The van der Waals surface area contributed by atoms with Crippen molar-refractivity contribution in [1.82, 2.24) is 4.98 Å². The lowest BCUT2D eigenvalue weighted by Crippen LogP contribution is -2.02. The molecule has 2 N–H and O–H groups in total. The Bertz CT molecular complexity index is 394. The Kier molecular flexibility index (Phi) is 1.98. The van der Waals surface area contributed by atoms with Crippen molar-refractivity contribution in [2.45, 2.75) is 44.9 Å². The SMILES string of the molecule is CC1CCc2c(CC3CC3)cc(N)nc21. The first-order chi connectivity index (χ1) is 7.24. The van der Waals surface area contributed by atoms with E-state index < -0.39 is 0 Å². The van der Waals surface area contributed by atoms with Crippen molar-refractivity contribution >= 4 is 5.82 Å². The maximum atomic E-state index is 5.88. The van der Waals surface area contributed by atoms with Crippen LogP contribution in [0, 0.1) is 5.92 Å².